The number of nitrogens with one attached hydrogen (secondary N) is 2. The minimum Gasteiger partial charge on any atom is -0.444 e. The summed E-state index contributed by atoms with van der Waals surface area (Å²) in [5.74, 6) is 0. The Morgan fingerprint density at radius 3 is 2.64 bits per heavy atom. The Morgan fingerprint density at radius 1 is 1.36 bits per heavy atom. The first kappa shape index (κ1) is 18.0. The Balaban J connectivity index is 2.38. The van der Waals surface area contributed by atoms with Gasteiger partial charge in [-0.2, -0.15) is 0 Å². The van der Waals surface area contributed by atoms with E-state index in [2.05, 4.69) is 10.6 Å². The Bertz CT molecular complexity index is 543. The molecule has 1 amide bonds. The van der Waals surface area contributed by atoms with E-state index in [9.17, 15) is 14.9 Å². The van der Waals surface area contributed by atoms with Gasteiger partial charge in [-0.15, -0.1) is 0 Å². The largest absolute Gasteiger partial charge is 0.444 e. The molecule has 1 rings (SSSR count). The average Bonchev–Trinajstić information content (AvgIpc) is 2.35. The standard InChI is InChI=1S/C14H20ClN3O4/c1-14(2,3)22-13(19)17-8-4-7-16-11-9-10(15)5-6-12(11)18(20)21/h5-6,9,16H,4,7-8H2,1-3H3,(H,17,19). The number of nitro benzene ring substituents is 1. The molecule has 1 aromatic carbocycles. The normalized spacial score (nSPS) is 10.9. The van der Waals surface area contributed by atoms with Crippen molar-refractivity contribution in [3.05, 3.63) is 33.3 Å². The van der Waals surface area contributed by atoms with Crippen molar-refractivity contribution in [1.29, 1.82) is 0 Å². The highest BCUT2D eigenvalue weighted by atomic mass is 35.5. The maximum Gasteiger partial charge on any atom is 0.407 e. The molecule has 7 nitrogen and oxygen atoms in total. The molecule has 1 aromatic rings. The van der Waals surface area contributed by atoms with Crippen LogP contribution in [0.2, 0.25) is 5.02 Å². The number of nitrogens with zero attached hydrogens (tertiary/aromatic N) is 1. The minimum atomic E-state index is -0.538. The van der Waals surface area contributed by atoms with Crippen molar-refractivity contribution in [2.75, 3.05) is 18.4 Å². The summed E-state index contributed by atoms with van der Waals surface area (Å²) in [6, 6.07) is 4.32. The third kappa shape index (κ3) is 6.62. The molecule has 0 saturated carbocycles. The Hall–Kier alpha value is -2.02. The van der Waals surface area contributed by atoms with Crippen LogP contribution >= 0.6 is 11.6 Å². The predicted octanol–water partition coefficient (Wildman–Crippen LogP) is 3.57. The first-order chi connectivity index (χ1) is 10.2. The van der Waals surface area contributed by atoms with E-state index in [1.165, 1.54) is 18.2 Å². The van der Waals surface area contributed by atoms with Crippen LogP contribution in [0.5, 0.6) is 0 Å². The number of ether oxygens (including phenoxy) is 1. The lowest BCUT2D eigenvalue weighted by Crippen LogP contribution is -2.33. The predicted molar refractivity (Wildman–Crippen MR) is 85.4 cm³/mol. The van der Waals surface area contributed by atoms with Gasteiger partial charge in [0.1, 0.15) is 11.3 Å². The first-order valence-corrected chi connectivity index (χ1v) is 7.21. The number of halogens is 1. The molecule has 0 aliphatic heterocycles. The quantitative estimate of drug-likeness (QED) is 0.472. The van der Waals surface area contributed by atoms with Crippen molar-refractivity contribution >= 4 is 29.1 Å². The van der Waals surface area contributed by atoms with E-state index in [1.807, 2.05) is 0 Å². The maximum atomic E-state index is 11.4. The van der Waals surface area contributed by atoms with Gasteiger partial charge in [-0.3, -0.25) is 10.1 Å². The van der Waals surface area contributed by atoms with Gasteiger partial charge >= 0.3 is 6.09 Å². The van der Waals surface area contributed by atoms with Crippen LogP contribution in [-0.4, -0.2) is 29.7 Å². The molecular formula is C14H20ClN3O4. The van der Waals surface area contributed by atoms with Crippen molar-refractivity contribution in [2.45, 2.75) is 32.8 Å². The van der Waals surface area contributed by atoms with E-state index >= 15 is 0 Å². The summed E-state index contributed by atoms with van der Waals surface area (Å²) in [4.78, 5) is 21.8. The second-order valence-electron chi connectivity index (χ2n) is 5.63. The minimum absolute atomic E-state index is 0.0375. The number of carbonyl (C=O) groups excluding carboxylic acids is 1. The molecule has 0 bridgehead atoms. The highest BCUT2D eigenvalue weighted by molar-refractivity contribution is 6.31. The van der Waals surface area contributed by atoms with Crippen molar-refractivity contribution in [3.63, 3.8) is 0 Å². The van der Waals surface area contributed by atoms with Crippen molar-refractivity contribution < 1.29 is 14.5 Å². The van der Waals surface area contributed by atoms with Gasteiger partial charge in [0.2, 0.25) is 0 Å². The molecule has 0 fully saturated rings. The number of carbonyl (C=O) groups is 1. The topological polar surface area (TPSA) is 93.5 Å². The maximum absolute atomic E-state index is 11.4. The third-order valence-corrected chi connectivity index (χ3v) is 2.73. The molecule has 0 aliphatic carbocycles. The van der Waals surface area contributed by atoms with Gasteiger partial charge in [-0.1, -0.05) is 11.6 Å². The summed E-state index contributed by atoms with van der Waals surface area (Å²) >= 11 is 5.83. The van der Waals surface area contributed by atoms with Crippen LogP contribution in [0.4, 0.5) is 16.2 Å². The molecular weight excluding hydrogens is 310 g/mol. The van der Waals surface area contributed by atoms with Gasteiger partial charge < -0.3 is 15.4 Å². The lowest BCUT2D eigenvalue weighted by atomic mass is 10.2. The SMILES string of the molecule is CC(C)(C)OC(=O)NCCCNc1cc(Cl)ccc1[N+](=O)[O-]. The summed E-state index contributed by atoms with van der Waals surface area (Å²) in [5, 5.41) is 16.9. The summed E-state index contributed by atoms with van der Waals surface area (Å²) in [6.45, 7) is 6.21. The first-order valence-electron chi connectivity index (χ1n) is 6.84. The Kier molecular flexibility index (Phi) is 6.42. The van der Waals surface area contributed by atoms with E-state index in [0.29, 0.717) is 30.2 Å². The van der Waals surface area contributed by atoms with Crippen LogP contribution in [-0.2, 0) is 4.74 Å². The lowest BCUT2D eigenvalue weighted by Gasteiger charge is -2.19. The zero-order valence-corrected chi connectivity index (χ0v) is 13.6. The molecule has 0 unspecified atom stereocenters. The zero-order valence-electron chi connectivity index (χ0n) is 12.8. The Labute approximate surface area is 134 Å². The van der Waals surface area contributed by atoms with Gasteiger partial charge in [0.15, 0.2) is 0 Å². The number of amides is 1. The van der Waals surface area contributed by atoms with Crippen molar-refractivity contribution in [3.8, 4) is 0 Å². The smallest absolute Gasteiger partial charge is 0.407 e. The van der Waals surface area contributed by atoms with Crippen LogP contribution in [0.1, 0.15) is 27.2 Å². The fourth-order valence-corrected chi connectivity index (χ4v) is 1.80. The number of rotatable bonds is 6. The van der Waals surface area contributed by atoms with Gasteiger partial charge in [0, 0.05) is 24.2 Å². The van der Waals surface area contributed by atoms with Crippen LogP contribution in [0.3, 0.4) is 0 Å². The number of hydrogen-bond donors (Lipinski definition) is 2. The number of hydrogen-bond acceptors (Lipinski definition) is 5. The fraction of sp³-hybridized carbons (Fsp3) is 0.500. The summed E-state index contributed by atoms with van der Waals surface area (Å²) < 4.78 is 5.09. The number of nitro groups is 1. The van der Waals surface area contributed by atoms with Gasteiger partial charge in [-0.25, -0.2) is 4.79 Å². The molecule has 0 atom stereocenters. The summed E-state index contributed by atoms with van der Waals surface area (Å²) in [5.41, 5.74) is -0.219. The second-order valence-corrected chi connectivity index (χ2v) is 6.06. The zero-order chi connectivity index (χ0) is 16.8. The van der Waals surface area contributed by atoms with E-state index in [-0.39, 0.29) is 5.69 Å². The fourth-order valence-electron chi connectivity index (χ4n) is 1.63. The molecule has 0 spiro atoms. The third-order valence-electron chi connectivity index (χ3n) is 2.49. The van der Waals surface area contributed by atoms with Crippen LogP contribution < -0.4 is 10.6 Å². The molecule has 0 saturated heterocycles. The summed E-state index contributed by atoms with van der Waals surface area (Å²) in [7, 11) is 0. The van der Waals surface area contributed by atoms with Gasteiger partial charge in [-0.05, 0) is 39.3 Å². The van der Waals surface area contributed by atoms with Crippen molar-refractivity contribution in [1.82, 2.24) is 5.32 Å². The van der Waals surface area contributed by atoms with Gasteiger partial charge in [0.05, 0.1) is 4.92 Å². The number of anilines is 1. The lowest BCUT2D eigenvalue weighted by molar-refractivity contribution is -0.384. The molecule has 122 valence electrons. The van der Waals surface area contributed by atoms with E-state index in [4.69, 9.17) is 16.3 Å². The molecule has 8 heteroatoms. The molecule has 0 aliphatic rings. The Morgan fingerprint density at radius 2 is 2.05 bits per heavy atom. The molecule has 2 N–H and O–H groups in total. The van der Waals surface area contributed by atoms with E-state index in [0.717, 1.165) is 0 Å². The second kappa shape index (κ2) is 7.84. The monoisotopic (exact) mass is 329 g/mol. The average molecular weight is 330 g/mol. The van der Waals surface area contributed by atoms with Crippen molar-refractivity contribution in [2.24, 2.45) is 0 Å². The molecule has 0 heterocycles. The van der Waals surface area contributed by atoms with E-state index < -0.39 is 16.6 Å². The van der Waals surface area contributed by atoms with Gasteiger partial charge in [0.25, 0.3) is 5.69 Å². The highest BCUT2D eigenvalue weighted by Crippen LogP contribution is 2.27. The summed E-state index contributed by atoms with van der Waals surface area (Å²) in [6.07, 6.45) is 0.101. The molecule has 22 heavy (non-hydrogen) atoms. The molecule has 0 aromatic heterocycles. The highest BCUT2D eigenvalue weighted by Gasteiger charge is 2.16. The van der Waals surface area contributed by atoms with Crippen LogP contribution in [0.15, 0.2) is 18.2 Å². The van der Waals surface area contributed by atoms with Crippen LogP contribution in [0.25, 0.3) is 0 Å². The molecule has 0 radical (unpaired) electrons. The van der Waals surface area contributed by atoms with E-state index in [1.54, 1.807) is 20.8 Å². The number of benzene rings is 1. The number of alkyl carbamates (subject to hydrolysis) is 1. The van der Waals surface area contributed by atoms with Crippen LogP contribution in [0, 0.1) is 10.1 Å².